The molecule has 2 N–H and O–H groups in total. The van der Waals surface area contributed by atoms with Crippen molar-refractivity contribution >= 4 is 17.5 Å². The third-order valence-corrected chi connectivity index (χ3v) is 3.34. The Morgan fingerprint density at radius 3 is 2.55 bits per heavy atom. The SMILES string of the molecule is CN(Cc1cccc(Cl)c1)C(=O)C(N)c1ccccc1. The predicted molar refractivity (Wildman–Crippen MR) is 81.3 cm³/mol. The molecule has 0 radical (unpaired) electrons. The lowest BCUT2D eigenvalue weighted by Gasteiger charge is -2.21. The first kappa shape index (κ1) is 14.6. The average Bonchev–Trinajstić information content (AvgIpc) is 2.46. The highest BCUT2D eigenvalue weighted by Gasteiger charge is 2.19. The summed E-state index contributed by atoms with van der Waals surface area (Å²) in [5.74, 6) is -0.115. The minimum absolute atomic E-state index is 0.115. The topological polar surface area (TPSA) is 46.3 Å². The van der Waals surface area contributed by atoms with Gasteiger partial charge in [-0.1, -0.05) is 54.1 Å². The van der Waals surface area contributed by atoms with Crippen LogP contribution in [0, 0.1) is 0 Å². The summed E-state index contributed by atoms with van der Waals surface area (Å²) in [7, 11) is 1.74. The highest BCUT2D eigenvalue weighted by atomic mass is 35.5. The molecule has 0 fully saturated rings. The zero-order chi connectivity index (χ0) is 14.5. The molecular formula is C16H17ClN2O. The number of nitrogens with zero attached hydrogens (tertiary/aromatic N) is 1. The van der Waals surface area contributed by atoms with E-state index in [1.165, 1.54) is 0 Å². The van der Waals surface area contributed by atoms with Crippen LogP contribution in [-0.4, -0.2) is 17.9 Å². The fraction of sp³-hybridized carbons (Fsp3) is 0.188. The van der Waals surface area contributed by atoms with Crippen molar-refractivity contribution in [3.8, 4) is 0 Å². The van der Waals surface area contributed by atoms with Crippen molar-refractivity contribution in [3.05, 3.63) is 70.7 Å². The Hall–Kier alpha value is -1.84. The van der Waals surface area contributed by atoms with Crippen LogP contribution in [0.1, 0.15) is 17.2 Å². The number of hydrogen-bond acceptors (Lipinski definition) is 2. The second-order valence-corrected chi connectivity index (χ2v) is 5.15. The fourth-order valence-corrected chi connectivity index (χ4v) is 2.24. The summed E-state index contributed by atoms with van der Waals surface area (Å²) in [4.78, 5) is 13.9. The number of benzene rings is 2. The van der Waals surface area contributed by atoms with Gasteiger partial charge in [-0.3, -0.25) is 4.79 Å². The molecule has 0 aromatic heterocycles. The molecule has 0 aliphatic heterocycles. The second kappa shape index (κ2) is 6.55. The number of carbonyl (C=O) groups is 1. The molecule has 0 aliphatic carbocycles. The van der Waals surface area contributed by atoms with E-state index in [2.05, 4.69) is 0 Å². The van der Waals surface area contributed by atoms with Gasteiger partial charge in [0.15, 0.2) is 0 Å². The summed E-state index contributed by atoms with van der Waals surface area (Å²) in [5.41, 5.74) is 7.80. The summed E-state index contributed by atoms with van der Waals surface area (Å²) in [5, 5.41) is 0.663. The first-order chi connectivity index (χ1) is 9.58. The molecule has 2 aromatic carbocycles. The molecular weight excluding hydrogens is 272 g/mol. The minimum Gasteiger partial charge on any atom is -0.340 e. The Morgan fingerprint density at radius 2 is 1.90 bits per heavy atom. The van der Waals surface area contributed by atoms with Crippen LogP contribution in [0.5, 0.6) is 0 Å². The molecule has 0 aliphatic rings. The van der Waals surface area contributed by atoms with Crippen LogP contribution in [0.4, 0.5) is 0 Å². The zero-order valence-electron chi connectivity index (χ0n) is 11.3. The van der Waals surface area contributed by atoms with Crippen molar-refractivity contribution in [2.75, 3.05) is 7.05 Å². The Balaban J connectivity index is 2.05. The van der Waals surface area contributed by atoms with Crippen molar-refractivity contribution in [2.24, 2.45) is 5.73 Å². The maximum atomic E-state index is 12.3. The molecule has 0 heterocycles. The molecule has 20 heavy (non-hydrogen) atoms. The number of hydrogen-bond donors (Lipinski definition) is 1. The van der Waals surface area contributed by atoms with Gasteiger partial charge in [-0.2, -0.15) is 0 Å². The molecule has 0 saturated carbocycles. The van der Waals surface area contributed by atoms with Crippen molar-refractivity contribution in [1.82, 2.24) is 4.90 Å². The summed E-state index contributed by atoms with van der Waals surface area (Å²) < 4.78 is 0. The number of likely N-dealkylation sites (N-methyl/N-ethyl adjacent to an activating group) is 1. The van der Waals surface area contributed by atoms with Gasteiger partial charge in [0.05, 0.1) is 0 Å². The summed E-state index contributed by atoms with van der Waals surface area (Å²) >= 11 is 5.94. The molecule has 0 bridgehead atoms. The van der Waals surface area contributed by atoms with Crippen molar-refractivity contribution in [2.45, 2.75) is 12.6 Å². The molecule has 0 saturated heterocycles. The monoisotopic (exact) mass is 288 g/mol. The van der Waals surface area contributed by atoms with Gasteiger partial charge in [-0.25, -0.2) is 0 Å². The van der Waals surface area contributed by atoms with E-state index < -0.39 is 6.04 Å². The van der Waals surface area contributed by atoms with Crippen LogP contribution < -0.4 is 5.73 Å². The van der Waals surface area contributed by atoms with E-state index in [1.807, 2.05) is 54.6 Å². The van der Waals surface area contributed by atoms with Crippen LogP contribution in [0.25, 0.3) is 0 Å². The van der Waals surface area contributed by atoms with E-state index in [0.29, 0.717) is 11.6 Å². The second-order valence-electron chi connectivity index (χ2n) is 4.71. The van der Waals surface area contributed by atoms with Crippen LogP contribution in [0.2, 0.25) is 5.02 Å². The van der Waals surface area contributed by atoms with Crippen molar-refractivity contribution in [1.29, 1.82) is 0 Å². The van der Waals surface area contributed by atoms with Crippen molar-refractivity contribution < 1.29 is 4.79 Å². The lowest BCUT2D eigenvalue weighted by molar-refractivity contribution is -0.131. The van der Waals surface area contributed by atoms with Crippen LogP contribution in [0.15, 0.2) is 54.6 Å². The van der Waals surface area contributed by atoms with Gasteiger partial charge in [0.25, 0.3) is 0 Å². The normalized spacial score (nSPS) is 11.9. The largest absolute Gasteiger partial charge is 0.340 e. The molecule has 4 heteroatoms. The third-order valence-electron chi connectivity index (χ3n) is 3.11. The number of rotatable bonds is 4. The summed E-state index contributed by atoms with van der Waals surface area (Å²) in [6.45, 7) is 0.486. The van der Waals surface area contributed by atoms with E-state index in [1.54, 1.807) is 11.9 Å². The van der Waals surface area contributed by atoms with Gasteiger partial charge < -0.3 is 10.6 Å². The number of carbonyl (C=O) groups excluding carboxylic acids is 1. The van der Waals surface area contributed by atoms with E-state index in [0.717, 1.165) is 11.1 Å². The molecule has 2 aromatic rings. The van der Waals surface area contributed by atoms with E-state index in [9.17, 15) is 4.79 Å². The van der Waals surface area contributed by atoms with Gasteiger partial charge in [-0.15, -0.1) is 0 Å². The number of amides is 1. The van der Waals surface area contributed by atoms with E-state index in [4.69, 9.17) is 17.3 Å². The lowest BCUT2D eigenvalue weighted by atomic mass is 10.1. The van der Waals surface area contributed by atoms with Gasteiger partial charge in [0.2, 0.25) is 5.91 Å². The molecule has 1 atom stereocenters. The Bertz CT molecular complexity index is 586. The molecule has 2 rings (SSSR count). The Kier molecular flexibility index (Phi) is 4.77. The molecule has 0 spiro atoms. The third kappa shape index (κ3) is 3.59. The standard InChI is InChI=1S/C16H17ClN2O/c1-19(11-12-6-5-9-14(17)10-12)16(20)15(18)13-7-3-2-4-8-13/h2-10,15H,11,18H2,1H3. The van der Waals surface area contributed by atoms with Crippen LogP contribution in [-0.2, 0) is 11.3 Å². The van der Waals surface area contributed by atoms with Gasteiger partial charge in [-0.05, 0) is 23.3 Å². The van der Waals surface area contributed by atoms with E-state index in [-0.39, 0.29) is 5.91 Å². The summed E-state index contributed by atoms with van der Waals surface area (Å²) in [6, 6.07) is 16.2. The molecule has 3 nitrogen and oxygen atoms in total. The minimum atomic E-state index is -0.639. The molecule has 1 unspecified atom stereocenters. The van der Waals surface area contributed by atoms with E-state index >= 15 is 0 Å². The molecule has 104 valence electrons. The Morgan fingerprint density at radius 1 is 1.20 bits per heavy atom. The maximum Gasteiger partial charge on any atom is 0.244 e. The first-order valence-electron chi connectivity index (χ1n) is 6.38. The number of nitrogens with two attached hydrogens (primary N) is 1. The first-order valence-corrected chi connectivity index (χ1v) is 6.75. The highest BCUT2D eigenvalue weighted by Crippen LogP contribution is 2.16. The van der Waals surface area contributed by atoms with Crippen LogP contribution in [0.3, 0.4) is 0 Å². The van der Waals surface area contributed by atoms with Crippen LogP contribution >= 0.6 is 11.6 Å². The number of halogens is 1. The predicted octanol–water partition coefficient (Wildman–Crippen LogP) is 3.00. The lowest BCUT2D eigenvalue weighted by Crippen LogP contribution is -2.35. The Labute approximate surface area is 124 Å². The summed E-state index contributed by atoms with van der Waals surface area (Å²) in [6.07, 6.45) is 0. The fourth-order valence-electron chi connectivity index (χ4n) is 2.03. The van der Waals surface area contributed by atoms with Crippen molar-refractivity contribution in [3.63, 3.8) is 0 Å². The van der Waals surface area contributed by atoms with Gasteiger partial charge >= 0.3 is 0 Å². The smallest absolute Gasteiger partial charge is 0.244 e. The highest BCUT2D eigenvalue weighted by molar-refractivity contribution is 6.30. The quantitative estimate of drug-likeness (QED) is 0.940. The average molecular weight is 289 g/mol. The maximum absolute atomic E-state index is 12.3. The zero-order valence-corrected chi connectivity index (χ0v) is 12.0. The van der Waals surface area contributed by atoms with Gasteiger partial charge in [0, 0.05) is 18.6 Å². The van der Waals surface area contributed by atoms with Gasteiger partial charge in [0.1, 0.15) is 6.04 Å². The molecule has 1 amide bonds.